The van der Waals surface area contributed by atoms with Gasteiger partial charge in [0.15, 0.2) is 0 Å². The third-order valence-corrected chi connectivity index (χ3v) is 5.42. The molecular formula is C20H25ClN2O2S. The Morgan fingerprint density at radius 1 is 1.19 bits per heavy atom. The van der Waals surface area contributed by atoms with Crippen LogP contribution in [0.5, 0.6) is 5.75 Å². The maximum Gasteiger partial charge on any atom is 0.228 e. The summed E-state index contributed by atoms with van der Waals surface area (Å²) in [7, 11) is 1.65. The Labute approximate surface area is 165 Å². The van der Waals surface area contributed by atoms with Crippen molar-refractivity contribution in [2.45, 2.75) is 19.0 Å². The molecule has 1 heterocycles. The Morgan fingerprint density at radius 3 is 2.54 bits per heavy atom. The number of benzene rings is 2. The lowest BCUT2D eigenvalue weighted by atomic mass is 10.1. The van der Waals surface area contributed by atoms with Crippen molar-refractivity contribution in [3.63, 3.8) is 0 Å². The molecule has 1 aliphatic rings. The first kappa shape index (κ1) is 20.6. The lowest BCUT2D eigenvalue weighted by Gasteiger charge is -2.28. The summed E-state index contributed by atoms with van der Waals surface area (Å²) in [5.41, 5.74) is 2.02. The summed E-state index contributed by atoms with van der Waals surface area (Å²) in [6.07, 6.45) is 0.520. The van der Waals surface area contributed by atoms with Crippen LogP contribution in [-0.2, 0) is 11.3 Å². The fourth-order valence-electron chi connectivity index (χ4n) is 2.92. The van der Waals surface area contributed by atoms with Gasteiger partial charge in [0.05, 0.1) is 13.7 Å². The minimum absolute atomic E-state index is 0. The number of rotatable bonds is 6. The molecule has 26 heavy (non-hydrogen) atoms. The SMILES string of the molecule is COc1ccc(N(Cc2ccccc2)C(=O)CC2CSCCN2)cc1.Cl. The number of carbonyl (C=O) groups is 1. The first-order chi connectivity index (χ1) is 12.3. The molecule has 2 aromatic rings. The van der Waals surface area contributed by atoms with E-state index in [0.29, 0.717) is 13.0 Å². The molecule has 1 amide bonds. The number of nitrogens with one attached hydrogen (secondary N) is 1. The van der Waals surface area contributed by atoms with Crippen molar-refractivity contribution in [1.29, 1.82) is 0 Å². The first-order valence-corrected chi connectivity index (χ1v) is 9.71. The van der Waals surface area contributed by atoms with Crippen molar-refractivity contribution in [2.24, 2.45) is 0 Å². The van der Waals surface area contributed by atoms with Gasteiger partial charge in [-0.15, -0.1) is 12.4 Å². The molecule has 140 valence electrons. The van der Waals surface area contributed by atoms with Crippen LogP contribution < -0.4 is 15.0 Å². The smallest absolute Gasteiger partial charge is 0.228 e. The summed E-state index contributed by atoms with van der Waals surface area (Å²) >= 11 is 1.91. The van der Waals surface area contributed by atoms with Crippen LogP contribution in [0.2, 0.25) is 0 Å². The molecule has 1 atom stereocenters. The van der Waals surface area contributed by atoms with E-state index < -0.39 is 0 Å². The normalized spacial score (nSPS) is 16.4. The average Bonchev–Trinajstić information content (AvgIpc) is 2.68. The second kappa shape index (κ2) is 10.5. The molecule has 0 radical (unpaired) electrons. The fraction of sp³-hybridized carbons (Fsp3) is 0.350. The van der Waals surface area contributed by atoms with Crippen LogP contribution in [0.25, 0.3) is 0 Å². The minimum Gasteiger partial charge on any atom is -0.497 e. The zero-order valence-corrected chi connectivity index (χ0v) is 16.5. The van der Waals surface area contributed by atoms with Gasteiger partial charge in [-0.05, 0) is 29.8 Å². The average molecular weight is 393 g/mol. The van der Waals surface area contributed by atoms with E-state index in [9.17, 15) is 4.79 Å². The number of halogens is 1. The molecule has 1 unspecified atom stereocenters. The number of hydrogen-bond donors (Lipinski definition) is 1. The summed E-state index contributed by atoms with van der Waals surface area (Å²) in [4.78, 5) is 14.9. The van der Waals surface area contributed by atoms with E-state index in [1.54, 1.807) is 7.11 Å². The molecule has 1 aliphatic heterocycles. The molecule has 1 fully saturated rings. The number of ether oxygens (including phenoxy) is 1. The topological polar surface area (TPSA) is 41.6 Å². The number of thioether (sulfide) groups is 1. The van der Waals surface area contributed by atoms with E-state index in [-0.39, 0.29) is 24.4 Å². The van der Waals surface area contributed by atoms with Crippen LogP contribution in [-0.4, -0.2) is 37.1 Å². The molecule has 0 saturated carbocycles. The third kappa shape index (κ3) is 5.66. The number of amides is 1. The second-order valence-corrected chi connectivity index (χ2v) is 7.24. The van der Waals surface area contributed by atoms with Gasteiger partial charge < -0.3 is 15.0 Å². The molecule has 6 heteroatoms. The van der Waals surface area contributed by atoms with Crippen LogP contribution >= 0.6 is 24.2 Å². The monoisotopic (exact) mass is 392 g/mol. The summed E-state index contributed by atoms with van der Waals surface area (Å²) in [5, 5.41) is 3.45. The lowest BCUT2D eigenvalue weighted by Crippen LogP contribution is -2.42. The van der Waals surface area contributed by atoms with Crippen molar-refractivity contribution >= 4 is 35.8 Å². The molecule has 4 nitrogen and oxygen atoms in total. The summed E-state index contributed by atoms with van der Waals surface area (Å²) in [6, 6.07) is 18.1. The fourth-order valence-corrected chi connectivity index (χ4v) is 3.87. The van der Waals surface area contributed by atoms with Crippen LogP contribution in [0.4, 0.5) is 5.69 Å². The van der Waals surface area contributed by atoms with E-state index >= 15 is 0 Å². The zero-order valence-electron chi connectivity index (χ0n) is 14.9. The minimum atomic E-state index is 0. The quantitative estimate of drug-likeness (QED) is 0.813. The summed E-state index contributed by atoms with van der Waals surface area (Å²) in [6.45, 7) is 1.55. The first-order valence-electron chi connectivity index (χ1n) is 8.56. The molecule has 1 saturated heterocycles. The van der Waals surface area contributed by atoms with E-state index in [0.717, 1.165) is 35.1 Å². The van der Waals surface area contributed by atoms with Gasteiger partial charge in [0.1, 0.15) is 5.75 Å². The maximum absolute atomic E-state index is 13.0. The Hall–Kier alpha value is -1.69. The van der Waals surface area contributed by atoms with Crippen molar-refractivity contribution in [3.8, 4) is 5.75 Å². The predicted molar refractivity (Wildman–Crippen MR) is 112 cm³/mol. The van der Waals surface area contributed by atoms with Crippen LogP contribution in [0.3, 0.4) is 0 Å². The largest absolute Gasteiger partial charge is 0.497 e. The van der Waals surface area contributed by atoms with Gasteiger partial charge in [0.25, 0.3) is 0 Å². The van der Waals surface area contributed by atoms with E-state index in [1.807, 2.05) is 59.1 Å². The summed E-state index contributed by atoms with van der Waals surface area (Å²) in [5.74, 6) is 3.06. The molecule has 0 aliphatic carbocycles. The van der Waals surface area contributed by atoms with Gasteiger partial charge in [-0.25, -0.2) is 0 Å². The Bertz CT molecular complexity index is 676. The number of carbonyl (C=O) groups excluding carboxylic acids is 1. The molecule has 1 N–H and O–H groups in total. The molecule has 0 spiro atoms. The number of methoxy groups -OCH3 is 1. The van der Waals surface area contributed by atoms with Gasteiger partial charge in [-0.1, -0.05) is 30.3 Å². The van der Waals surface area contributed by atoms with Crippen molar-refractivity contribution in [2.75, 3.05) is 30.1 Å². The molecule has 0 bridgehead atoms. The van der Waals surface area contributed by atoms with Gasteiger partial charge in [0, 0.05) is 36.2 Å². The highest BCUT2D eigenvalue weighted by molar-refractivity contribution is 7.99. The molecule has 2 aromatic carbocycles. The van der Waals surface area contributed by atoms with Crippen molar-refractivity contribution in [1.82, 2.24) is 5.32 Å². The molecule has 0 aromatic heterocycles. The Balaban J connectivity index is 0.00000243. The Kier molecular flexibility index (Phi) is 8.29. The zero-order chi connectivity index (χ0) is 17.5. The Morgan fingerprint density at radius 2 is 1.92 bits per heavy atom. The second-order valence-electron chi connectivity index (χ2n) is 6.09. The highest BCUT2D eigenvalue weighted by atomic mass is 35.5. The standard InChI is InChI=1S/C20H24N2O2S.ClH/c1-24-19-9-7-18(8-10-19)22(14-16-5-3-2-4-6-16)20(23)13-17-15-25-12-11-21-17;/h2-10,17,21H,11-15H2,1H3;1H. The van der Waals surface area contributed by atoms with E-state index in [1.165, 1.54) is 0 Å². The van der Waals surface area contributed by atoms with Gasteiger partial charge >= 0.3 is 0 Å². The number of anilines is 1. The van der Waals surface area contributed by atoms with Crippen LogP contribution in [0.1, 0.15) is 12.0 Å². The number of hydrogen-bond acceptors (Lipinski definition) is 4. The summed E-state index contributed by atoms with van der Waals surface area (Å²) < 4.78 is 5.23. The maximum atomic E-state index is 13.0. The highest BCUT2D eigenvalue weighted by Crippen LogP contribution is 2.23. The van der Waals surface area contributed by atoms with Gasteiger partial charge in [0.2, 0.25) is 5.91 Å². The van der Waals surface area contributed by atoms with Crippen LogP contribution in [0, 0.1) is 0 Å². The molecule has 3 rings (SSSR count). The number of nitrogens with zero attached hydrogens (tertiary/aromatic N) is 1. The van der Waals surface area contributed by atoms with Gasteiger partial charge in [-0.2, -0.15) is 11.8 Å². The van der Waals surface area contributed by atoms with Crippen molar-refractivity contribution in [3.05, 3.63) is 60.2 Å². The highest BCUT2D eigenvalue weighted by Gasteiger charge is 2.22. The predicted octanol–water partition coefficient (Wildman–Crippen LogP) is 3.75. The third-order valence-electron chi connectivity index (χ3n) is 4.29. The van der Waals surface area contributed by atoms with Crippen LogP contribution in [0.15, 0.2) is 54.6 Å². The molecular weight excluding hydrogens is 368 g/mol. The van der Waals surface area contributed by atoms with E-state index in [4.69, 9.17) is 4.74 Å². The van der Waals surface area contributed by atoms with E-state index in [2.05, 4.69) is 17.4 Å². The lowest BCUT2D eigenvalue weighted by molar-refractivity contribution is -0.119. The van der Waals surface area contributed by atoms with Gasteiger partial charge in [-0.3, -0.25) is 4.79 Å². The van der Waals surface area contributed by atoms with Crippen molar-refractivity contribution < 1.29 is 9.53 Å².